The van der Waals surface area contributed by atoms with E-state index in [0.717, 1.165) is 31.1 Å². The molecule has 0 bridgehead atoms. The van der Waals surface area contributed by atoms with Gasteiger partial charge < -0.3 is 9.84 Å². The van der Waals surface area contributed by atoms with Crippen LogP contribution in [0.3, 0.4) is 0 Å². The van der Waals surface area contributed by atoms with Crippen molar-refractivity contribution >= 4 is 0 Å². The van der Waals surface area contributed by atoms with Gasteiger partial charge in [-0.3, -0.25) is 0 Å². The van der Waals surface area contributed by atoms with E-state index in [1.54, 1.807) is 0 Å². The van der Waals surface area contributed by atoms with E-state index in [4.69, 9.17) is 4.52 Å². The Morgan fingerprint density at radius 2 is 1.94 bits per heavy atom. The molecule has 0 aliphatic heterocycles. The second-order valence-electron chi connectivity index (χ2n) is 4.90. The summed E-state index contributed by atoms with van der Waals surface area (Å²) in [5, 5.41) is 7.55. The zero-order chi connectivity index (χ0) is 12.8. The first kappa shape index (κ1) is 14.2. The van der Waals surface area contributed by atoms with Crippen LogP contribution in [0.4, 0.5) is 0 Å². The van der Waals surface area contributed by atoms with Gasteiger partial charge in [-0.05, 0) is 19.4 Å². The third-order valence-electron chi connectivity index (χ3n) is 3.06. The molecular formula is C13H25N3O. The molecule has 0 aliphatic carbocycles. The Bertz CT molecular complexity index is 322. The minimum atomic E-state index is 0.270. The van der Waals surface area contributed by atoms with Crippen molar-refractivity contribution in [3.05, 3.63) is 11.7 Å². The summed E-state index contributed by atoms with van der Waals surface area (Å²) in [4.78, 5) is 4.47. The minimum absolute atomic E-state index is 0.270. The van der Waals surface area contributed by atoms with E-state index in [9.17, 15) is 0 Å². The van der Waals surface area contributed by atoms with Crippen LogP contribution in [-0.4, -0.2) is 22.7 Å². The van der Waals surface area contributed by atoms with Crippen LogP contribution in [0, 0.1) is 0 Å². The highest BCUT2D eigenvalue weighted by atomic mass is 16.5. The van der Waals surface area contributed by atoms with Gasteiger partial charge in [0, 0.05) is 12.0 Å². The average Bonchev–Trinajstić information content (AvgIpc) is 2.79. The van der Waals surface area contributed by atoms with E-state index < -0.39 is 0 Å². The highest BCUT2D eigenvalue weighted by Gasteiger charge is 2.22. The predicted molar refractivity (Wildman–Crippen MR) is 69.2 cm³/mol. The molecule has 2 atom stereocenters. The van der Waals surface area contributed by atoms with Crippen LogP contribution in [0.1, 0.15) is 71.0 Å². The first-order valence-corrected chi connectivity index (χ1v) is 6.66. The van der Waals surface area contributed by atoms with Gasteiger partial charge in [-0.25, -0.2) is 0 Å². The number of hydrogen-bond acceptors (Lipinski definition) is 4. The molecule has 0 radical (unpaired) electrons. The zero-order valence-electron chi connectivity index (χ0n) is 11.7. The normalized spacial score (nSPS) is 15.2. The Hall–Kier alpha value is -0.900. The van der Waals surface area contributed by atoms with E-state index >= 15 is 0 Å². The molecular weight excluding hydrogens is 214 g/mol. The molecule has 98 valence electrons. The molecule has 0 spiro atoms. The van der Waals surface area contributed by atoms with E-state index in [2.05, 4.69) is 50.1 Å². The van der Waals surface area contributed by atoms with Crippen LogP contribution in [0.5, 0.6) is 0 Å². The fourth-order valence-corrected chi connectivity index (χ4v) is 1.84. The molecule has 4 nitrogen and oxygen atoms in total. The van der Waals surface area contributed by atoms with Gasteiger partial charge in [0.05, 0.1) is 5.92 Å². The first-order chi connectivity index (χ1) is 8.10. The minimum Gasteiger partial charge on any atom is -0.339 e. The summed E-state index contributed by atoms with van der Waals surface area (Å²) in [6, 6.07) is 0.412. The van der Waals surface area contributed by atoms with Gasteiger partial charge in [-0.15, -0.1) is 0 Å². The molecule has 2 unspecified atom stereocenters. The Balaban J connectivity index is 2.68. The summed E-state index contributed by atoms with van der Waals surface area (Å²) in [6.07, 6.45) is 2.21. The molecule has 17 heavy (non-hydrogen) atoms. The topological polar surface area (TPSA) is 51.0 Å². The maximum Gasteiger partial charge on any atom is 0.231 e. The molecule has 1 aromatic heterocycles. The molecule has 1 heterocycles. The van der Waals surface area contributed by atoms with Crippen molar-refractivity contribution in [1.82, 2.24) is 15.5 Å². The van der Waals surface area contributed by atoms with E-state index in [1.165, 1.54) is 0 Å². The molecule has 1 aromatic rings. The standard InChI is InChI=1S/C13H25N3O/c1-6-8-14-11(7-2)10(5)13-15-12(9(3)4)16-17-13/h9-11,14H,6-8H2,1-5H3. The van der Waals surface area contributed by atoms with E-state index in [0.29, 0.717) is 12.0 Å². The van der Waals surface area contributed by atoms with Gasteiger partial charge in [0.2, 0.25) is 5.89 Å². The molecule has 1 N–H and O–H groups in total. The van der Waals surface area contributed by atoms with Crippen molar-refractivity contribution in [2.75, 3.05) is 6.54 Å². The fourth-order valence-electron chi connectivity index (χ4n) is 1.84. The van der Waals surface area contributed by atoms with Gasteiger partial charge in [-0.1, -0.05) is 39.8 Å². The van der Waals surface area contributed by atoms with Gasteiger partial charge in [-0.2, -0.15) is 4.98 Å². The van der Waals surface area contributed by atoms with Gasteiger partial charge in [0.1, 0.15) is 0 Å². The van der Waals surface area contributed by atoms with E-state index in [1.807, 2.05) is 0 Å². The Kier molecular flexibility index (Phi) is 5.62. The molecule has 0 aliphatic rings. The lowest BCUT2D eigenvalue weighted by Crippen LogP contribution is -2.33. The predicted octanol–water partition coefficient (Wildman–Crippen LogP) is 3.07. The first-order valence-electron chi connectivity index (χ1n) is 6.66. The lowest BCUT2D eigenvalue weighted by atomic mass is 9.99. The fraction of sp³-hybridized carbons (Fsp3) is 0.846. The lowest BCUT2D eigenvalue weighted by molar-refractivity contribution is 0.317. The summed E-state index contributed by atoms with van der Waals surface area (Å²) in [5.74, 6) is 2.15. The number of hydrogen-bond donors (Lipinski definition) is 1. The second-order valence-corrected chi connectivity index (χ2v) is 4.90. The Morgan fingerprint density at radius 3 is 2.41 bits per heavy atom. The maximum absolute atomic E-state index is 5.35. The number of nitrogens with one attached hydrogen (secondary N) is 1. The van der Waals surface area contributed by atoms with Crippen LogP contribution in [0.25, 0.3) is 0 Å². The molecule has 0 amide bonds. The van der Waals surface area contributed by atoms with Gasteiger partial charge in [0.15, 0.2) is 5.82 Å². The SMILES string of the molecule is CCCNC(CC)C(C)c1nc(C(C)C)no1. The molecule has 0 saturated carbocycles. The monoisotopic (exact) mass is 239 g/mol. The third-order valence-corrected chi connectivity index (χ3v) is 3.06. The maximum atomic E-state index is 5.35. The summed E-state index contributed by atoms with van der Waals surface area (Å²) in [5.41, 5.74) is 0. The van der Waals surface area contributed by atoms with Crippen molar-refractivity contribution < 1.29 is 4.52 Å². The van der Waals surface area contributed by atoms with Crippen LogP contribution in [0.15, 0.2) is 4.52 Å². The number of nitrogens with zero attached hydrogens (tertiary/aromatic N) is 2. The highest BCUT2D eigenvalue weighted by Crippen LogP contribution is 2.21. The van der Waals surface area contributed by atoms with Crippen molar-refractivity contribution in [2.45, 2.75) is 65.3 Å². The quantitative estimate of drug-likeness (QED) is 0.794. The number of aromatic nitrogens is 2. The molecule has 0 aromatic carbocycles. The zero-order valence-corrected chi connectivity index (χ0v) is 11.7. The average molecular weight is 239 g/mol. The smallest absolute Gasteiger partial charge is 0.231 e. The highest BCUT2D eigenvalue weighted by molar-refractivity contribution is 4.99. The molecule has 0 fully saturated rings. The van der Waals surface area contributed by atoms with Gasteiger partial charge >= 0.3 is 0 Å². The van der Waals surface area contributed by atoms with Crippen molar-refractivity contribution in [2.24, 2.45) is 0 Å². The summed E-state index contributed by atoms with van der Waals surface area (Å²) >= 11 is 0. The Labute approximate surface area is 104 Å². The molecule has 0 saturated heterocycles. The summed E-state index contributed by atoms with van der Waals surface area (Å²) < 4.78 is 5.35. The van der Waals surface area contributed by atoms with Gasteiger partial charge in [0.25, 0.3) is 0 Å². The largest absolute Gasteiger partial charge is 0.339 e. The van der Waals surface area contributed by atoms with E-state index in [-0.39, 0.29) is 5.92 Å². The summed E-state index contributed by atoms with van der Waals surface area (Å²) in [7, 11) is 0. The lowest BCUT2D eigenvalue weighted by Gasteiger charge is -2.20. The number of rotatable bonds is 7. The van der Waals surface area contributed by atoms with Crippen molar-refractivity contribution in [1.29, 1.82) is 0 Å². The van der Waals surface area contributed by atoms with Crippen molar-refractivity contribution in [3.63, 3.8) is 0 Å². The molecule has 1 rings (SSSR count). The van der Waals surface area contributed by atoms with Crippen LogP contribution >= 0.6 is 0 Å². The van der Waals surface area contributed by atoms with Crippen LogP contribution in [-0.2, 0) is 0 Å². The summed E-state index contributed by atoms with van der Waals surface area (Å²) in [6.45, 7) is 11.7. The van der Waals surface area contributed by atoms with Crippen molar-refractivity contribution in [3.8, 4) is 0 Å². The van der Waals surface area contributed by atoms with Crippen LogP contribution < -0.4 is 5.32 Å². The second kappa shape index (κ2) is 6.74. The Morgan fingerprint density at radius 1 is 1.24 bits per heavy atom. The molecule has 4 heteroatoms. The third kappa shape index (κ3) is 3.80. The van der Waals surface area contributed by atoms with Crippen LogP contribution in [0.2, 0.25) is 0 Å².